The van der Waals surface area contributed by atoms with Crippen molar-refractivity contribution in [1.82, 2.24) is 0 Å². The Bertz CT molecular complexity index is 511. The van der Waals surface area contributed by atoms with Gasteiger partial charge in [0.05, 0.1) is 12.2 Å². The average Bonchev–Trinajstić information content (AvgIpc) is 2.58. The molecule has 0 bridgehead atoms. The minimum absolute atomic E-state index is 0.0197. The largest absolute Gasteiger partial charge is 0.393 e. The summed E-state index contributed by atoms with van der Waals surface area (Å²) in [6.07, 6.45) is 9.01. The fourth-order valence-electron chi connectivity index (χ4n) is 5.97. The number of aliphatic hydroxyl groups is 2. The highest BCUT2D eigenvalue weighted by atomic mass is 16.3. The molecule has 3 rings (SSSR count). The van der Waals surface area contributed by atoms with E-state index in [-0.39, 0.29) is 35.2 Å². The van der Waals surface area contributed by atoms with Gasteiger partial charge in [-0.25, -0.2) is 0 Å². The van der Waals surface area contributed by atoms with E-state index in [1.54, 1.807) is 6.92 Å². The molecule has 0 aromatic heterocycles. The highest BCUT2D eigenvalue weighted by Gasteiger charge is 2.51. The lowest BCUT2D eigenvalue weighted by Gasteiger charge is -2.53. The average molecular weight is 335 g/mol. The van der Waals surface area contributed by atoms with Crippen LogP contribution in [0.25, 0.3) is 0 Å². The van der Waals surface area contributed by atoms with Gasteiger partial charge in [0.1, 0.15) is 5.78 Å². The SMILES string of the molecule is CC(=O)[C@H]1CC[C@H](C)[C@@H]2CCC3=C[C@@H](O)CC[C@]3(C)[C@H]2[C@@H](O)CC1. The lowest BCUT2D eigenvalue weighted by atomic mass is 9.52. The highest BCUT2D eigenvalue weighted by Crippen LogP contribution is 2.57. The van der Waals surface area contributed by atoms with Gasteiger partial charge >= 0.3 is 0 Å². The van der Waals surface area contributed by atoms with Gasteiger partial charge < -0.3 is 10.2 Å². The highest BCUT2D eigenvalue weighted by molar-refractivity contribution is 5.78. The molecule has 3 aliphatic carbocycles. The molecule has 0 radical (unpaired) electrons. The van der Waals surface area contributed by atoms with Crippen LogP contribution in [0.4, 0.5) is 0 Å². The number of allylic oxidation sites excluding steroid dienone is 1. The Labute approximate surface area is 146 Å². The third-order valence-electron chi connectivity index (χ3n) is 7.53. The number of hydrogen-bond acceptors (Lipinski definition) is 3. The van der Waals surface area contributed by atoms with Crippen LogP contribution in [0, 0.1) is 29.1 Å². The van der Waals surface area contributed by atoms with Crippen molar-refractivity contribution in [3.8, 4) is 0 Å². The Kier molecular flexibility index (Phi) is 5.22. The standard InChI is InChI=1S/C21H34O3/c1-13-4-5-15(14(2)22)6-9-19(24)20-18(13)8-7-16-12-17(23)10-11-21(16,20)3/h12-13,15,17-20,23-24H,4-11H2,1-3H3/t13-,15-,17-,18-,19-,20+,21-/m0/s1. The maximum Gasteiger partial charge on any atom is 0.132 e. The van der Waals surface area contributed by atoms with E-state index in [9.17, 15) is 15.0 Å². The molecule has 24 heavy (non-hydrogen) atoms. The summed E-state index contributed by atoms with van der Waals surface area (Å²) in [5.74, 6) is 1.76. The molecule has 0 spiro atoms. The molecule has 3 nitrogen and oxygen atoms in total. The van der Waals surface area contributed by atoms with Gasteiger partial charge in [-0.2, -0.15) is 0 Å². The van der Waals surface area contributed by atoms with Crippen molar-refractivity contribution in [2.24, 2.45) is 29.1 Å². The van der Waals surface area contributed by atoms with E-state index in [1.807, 2.05) is 0 Å². The number of hydrogen-bond donors (Lipinski definition) is 2. The number of Topliss-reactive ketones (excluding diaryl/α,β-unsaturated/α-hetero) is 1. The quantitative estimate of drug-likeness (QED) is 0.716. The van der Waals surface area contributed by atoms with Crippen molar-refractivity contribution in [3.05, 3.63) is 11.6 Å². The van der Waals surface area contributed by atoms with E-state index >= 15 is 0 Å². The first-order valence-electron chi connectivity index (χ1n) is 9.90. The van der Waals surface area contributed by atoms with Crippen LogP contribution in [0.2, 0.25) is 0 Å². The van der Waals surface area contributed by atoms with Gasteiger partial charge in [0, 0.05) is 5.92 Å². The number of carbonyl (C=O) groups is 1. The van der Waals surface area contributed by atoms with Crippen molar-refractivity contribution >= 4 is 5.78 Å². The number of rotatable bonds is 1. The topological polar surface area (TPSA) is 57.5 Å². The van der Waals surface area contributed by atoms with Gasteiger partial charge in [-0.1, -0.05) is 25.5 Å². The van der Waals surface area contributed by atoms with E-state index in [2.05, 4.69) is 19.9 Å². The second-order valence-electron chi connectivity index (χ2n) is 8.95. The molecule has 0 amide bonds. The summed E-state index contributed by atoms with van der Waals surface area (Å²) >= 11 is 0. The van der Waals surface area contributed by atoms with Crippen LogP contribution < -0.4 is 0 Å². The summed E-state index contributed by atoms with van der Waals surface area (Å²) in [6.45, 7) is 6.35. The second kappa shape index (κ2) is 6.92. The number of fused-ring (bicyclic) bond motifs is 3. The lowest BCUT2D eigenvalue weighted by Crippen LogP contribution is -2.49. The third-order valence-corrected chi connectivity index (χ3v) is 7.53. The lowest BCUT2D eigenvalue weighted by molar-refractivity contribution is -0.121. The van der Waals surface area contributed by atoms with Crippen molar-refractivity contribution in [2.45, 2.75) is 84.3 Å². The zero-order valence-electron chi connectivity index (χ0n) is 15.5. The molecule has 0 aliphatic heterocycles. The molecule has 136 valence electrons. The fourth-order valence-corrected chi connectivity index (χ4v) is 5.97. The summed E-state index contributed by atoms with van der Waals surface area (Å²) in [7, 11) is 0. The zero-order valence-corrected chi connectivity index (χ0v) is 15.5. The Balaban J connectivity index is 1.92. The molecule has 3 aliphatic rings. The van der Waals surface area contributed by atoms with Crippen LogP contribution in [0.15, 0.2) is 11.6 Å². The Hall–Kier alpha value is -0.670. The van der Waals surface area contributed by atoms with E-state index in [0.717, 1.165) is 51.4 Å². The predicted molar refractivity (Wildman–Crippen MR) is 95.5 cm³/mol. The summed E-state index contributed by atoms with van der Waals surface area (Å²) < 4.78 is 0. The monoisotopic (exact) mass is 334 g/mol. The van der Waals surface area contributed by atoms with Gasteiger partial charge in [0.2, 0.25) is 0 Å². The van der Waals surface area contributed by atoms with Crippen LogP contribution in [0.1, 0.15) is 72.1 Å². The van der Waals surface area contributed by atoms with Gasteiger partial charge in [-0.05, 0) is 81.5 Å². The normalized spacial score (nSPS) is 46.6. The van der Waals surface area contributed by atoms with Crippen molar-refractivity contribution in [3.63, 3.8) is 0 Å². The molecule has 0 unspecified atom stereocenters. The minimum atomic E-state index is -0.332. The van der Waals surface area contributed by atoms with Crippen LogP contribution in [0.5, 0.6) is 0 Å². The number of carbonyl (C=O) groups excluding carboxylic acids is 1. The Morgan fingerprint density at radius 3 is 2.54 bits per heavy atom. The van der Waals surface area contributed by atoms with Crippen LogP contribution in [-0.2, 0) is 4.79 Å². The number of ketones is 1. The molecule has 2 N–H and O–H groups in total. The maximum atomic E-state index is 11.9. The second-order valence-corrected chi connectivity index (χ2v) is 8.95. The molecule has 0 heterocycles. The van der Waals surface area contributed by atoms with Crippen molar-refractivity contribution < 1.29 is 15.0 Å². The Morgan fingerprint density at radius 2 is 1.83 bits per heavy atom. The molecule has 7 atom stereocenters. The van der Waals surface area contributed by atoms with Crippen molar-refractivity contribution in [1.29, 1.82) is 0 Å². The molecule has 0 aromatic rings. The van der Waals surface area contributed by atoms with E-state index in [0.29, 0.717) is 11.8 Å². The summed E-state index contributed by atoms with van der Waals surface area (Å²) in [5.41, 5.74) is 1.39. The molecule has 2 saturated carbocycles. The van der Waals surface area contributed by atoms with Crippen LogP contribution in [0.3, 0.4) is 0 Å². The molecular weight excluding hydrogens is 300 g/mol. The van der Waals surface area contributed by atoms with Gasteiger partial charge in [-0.15, -0.1) is 0 Å². The molecule has 2 fully saturated rings. The molecular formula is C21H34O3. The first-order valence-corrected chi connectivity index (χ1v) is 9.90. The zero-order chi connectivity index (χ0) is 17.5. The van der Waals surface area contributed by atoms with Crippen LogP contribution >= 0.6 is 0 Å². The number of aliphatic hydroxyl groups excluding tert-OH is 2. The summed E-state index contributed by atoms with van der Waals surface area (Å²) in [5, 5.41) is 21.2. The van der Waals surface area contributed by atoms with Crippen molar-refractivity contribution in [2.75, 3.05) is 0 Å². The molecule has 3 heteroatoms. The van der Waals surface area contributed by atoms with Crippen LogP contribution in [-0.4, -0.2) is 28.2 Å². The Morgan fingerprint density at radius 1 is 1.12 bits per heavy atom. The van der Waals surface area contributed by atoms with Gasteiger partial charge in [0.25, 0.3) is 0 Å². The summed E-state index contributed by atoms with van der Waals surface area (Å²) in [4.78, 5) is 11.9. The maximum absolute atomic E-state index is 11.9. The van der Waals surface area contributed by atoms with Gasteiger partial charge in [-0.3, -0.25) is 4.79 Å². The fraction of sp³-hybridized carbons (Fsp3) is 0.857. The first-order chi connectivity index (χ1) is 11.3. The predicted octanol–water partition coefficient (Wildman–Crippen LogP) is 3.88. The minimum Gasteiger partial charge on any atom is -0.393 e. The van der Waals surface area contributed by atoms with E-state index < -0.39 is 0 Å². The molecule has 0 saturated heterocycles. The smallest absolute Gasteiger partial charge is 0.132 e. The third kappa shape index (κ3) is 3.22. The molecule has 0 aromatic carbocycles. The first kappa shape index (κ1) is 18.1. The van der Waals surface area contributed by atoms with E-state index in [1.165, 1.54) is 5.57 Å². The van der Waals surface area contributed by atoms with E-state index in [4.69, 9.17) is 0 Å². The van der Waals surface area contributed by atoms with Gasteiger partial charge in [0.15, 0.2) is 0 Å². The summed E-state index contributed by atoms with van der Waals surface area (Å²) in [6, 6.07) is 0.